The Morgan fingerprint density at radius 2 is 1.83 bits per heavy atom. The van der Waals surface area contributed by atoms with E-state index in [0.717, 1.165) is 24.0 Å². The van der Waals surface area contributed by atoms with Crippen LogP contribution in [0.2, 0.25) is 0 Å². The smallest absolute Gasteiger partial charge is 0.256 e. The van der Waals surface area contributed by atoms with Crippen molar-refractivity contribution in [2.75, 3.05) is 18.5 Å². The van der Waals surface area contributed by atoms with E-state index in [0.29, 0.717) is 17.8 Å². The summed E-state index contributed by atoms with van der Waals surface area (Å²) in [6.07, 6.45) is 1.65. The van der Waals surface area contributed by atoms with Gasteiger partial charge in [0.2, 0.25) is 5.91 Å². The average molecular weight is 320 g/mol. The minimum atomic E-state index is -0.309. The molecule has 4 heteroatoms. The zero-order valence-electron chi connectivity index (χ0n) is 14.0. The highest BCUT2D eigenvalue weighted by molar-refractivity contribution is 6.11. The fraction of sp³-hybridized carbons (Fsp3) is 0.300. The molecule has 4 rings (SSSR count). The zero-order chi connectivity index (χ0) is 16.8. The van der Waals surface area contributed by atoms with Crippen molar-refractivity contribution in [2.45, 2.75) is 25.8 Å². The molecule has 0 N–H and O–H groups in total. The van der Waals surface area contributed by atoms with E-state index in [2.05, 4.69) is 19.1 Å². The lowest BCUT2D eigenvalue weighted by atomic mass is 9.97. The Kier molecular flexibility index (Phi) is 3.41. The third-order valence-electron chi connectivity index (χ3n) is 5.17. The van der Waals surface area contributed by atoms with Gasteiger partial charge in [0.15, 0.2) is 0 Å². The lowest BCUT2D eigenvalue weighted by molar-refractivity contribution is -0.121. The van der Waals surface area contributed by atoms with Crippen molar-refractivity contribution in [3.05, 3.63) is 53.6 Å². The van der Waals surface area contributed by atoms with Crippen LogP contribution in [0.25, 0.3) is 11.1 Å². The molecule has 1 saturated heterocycles. The maximum atomic E-state index is 13.0. The van der Waals surface area contributed by atoms with Gasteiger partial charge in [0.05, 0.1) is 11.3 Å². The SMILES string of the molecule is Cc1ccccc1-c1ccc2c(c1)C(=O)N1CCC[C@H]1C(=O)N2C. The number of fused-ring (bicyclic) bond motifs is 2. The molecular formula is C20H20N2O2. The molecule has 24 heavy (non-hydrogen) atoms. The van der Waals surface area contributed by atoms with E-state index in [1.165, 1.54) is 5.56 Å². The van der Waals surface area contributed by atoms with Crippen LogP contribution in [0.1, 0.15) is 28.8 Å². The summed E-state index contributed by atoms with van der Waals surface area (Å²) in [6, 6.07) is 13.7. The predicted molar refractivity (Wildman–Crippen MR) is 94.1 cm³/mol. The second kappa shape index (κ2) is 5.48. The summed E-state index contributed by atoms with van der Waals surface area (Å²) in [5, 5.41) is 0. The molecule has 2 aromatic carbocycles. The first-order chi connectivity index (χ1) is 11.6. The topological polar surface area (TPSA) is 40.6 Å². The maximum absolute atomic E-state index is 13.0. The van der Waals surface area contributed by atoms with Crippen LogP contribution in [0.3, 0.4) is 0 Å². The van der Waals surface area contributed by atoms with Gasteiger partial charge in [0.25, 0.3) is 5.91 Å². The summed E-state index contributed by atoms with van der Waals surface area (Å²) < 4.78 is 0. The van der Waals surface area contributed by atoms with E-state index in [-0.39, 0.29) is 17.9 Å². The Balaban J connectivity index is 1.87. The quantitative estimate of drug-likeness (QED) is 0.809. The van der Waals surface area contributed by atoms with E-state index in [9.17, 15) is 9.59 Å². The van der Waals surface area contributed by atoms with Crippen LogP contribution < -0.4 is 4.90 Å². The van der Waals surface area contributed by atoms with Crippen molar-refractivity contribution in [1.82, 2.24) is 4.90 Å². The van der Waals surface area contributed by atoms with Gasteiger partial charge in [-0.1, -0.05) is 30.3 Å². The summed E-state index contributed by atoms with van der Waals surface area (Å²) in [6.45, 7) is 2.73. The van der Waals surface area contributed by atoms with E-state index in [4.69, 9.17) is 0 Å². The first-order valence-corrected chi connectivity index (χ1v) is 8.36. The van der Waals surface area contributed by atoms with Gasteiger partial charge in [-0.3, -0.25) is 9.59 Å². The first-order valence-electron chi connectivity index (χ1n) is 8.36. The number of carbonyl (C=O) groups excluding carboxylic acids is 2. The molecule has 2 aromatic rings. The summed E-state index contributed by atoms with van der Waals surface area (Å²) in [4.78, 5) is 29.1. The Bertz CT molecular complexity index is 843. The predicted octanol–water partition coefficient (Wildman–Crippen LogP) is 3.24. The molecule has 0 spiro atoms. The molecule has 1 atom stereocenters. The van der Waals surface area contributed by atoms with Crippen molar-refractivity contribution in [1.29, 1.82) is 0 Å². The number of hydrogen-bond acceptors (Lipinski definition) is 2. The normalized spacial score (nSPS) is 20.0. The Hall–Kier alpha value is -2.62. The Morgan fingerprint density at radius 1 is 1.04 bits per heavy atom. The van der Waals surface area contributed by atoms with Crippen molar-refractivity contribution < 1.29 is 9.59 Å². The van der Waals surface area contributed by atoms with Gasteiger partial charge >= 0.3 is 0 Å². The minimum Gasteiger partial charge on any atom is -0.327 e. The third kappa shape index (κ3) is 2.13. The van der Waals surface area contributed by atoms with Crippen molar-refractivity contribution in [2.24, 2.45) is 0 Å². The third-order valence-corrected chi connectivity index (χ3v) is 5.17. The highest BCUT2D eigenvalue weighted by Gasteiger charge is 2.40. The molecule has 0 saturated carbocycles. The van der Waals surface area contributed by atoms with Crippen LogP contribution >= 0.6 is 0 Å². The fourth-order valence-corrected chi connectivity index (χ4v) is 3.83. The van der Waals surface area contributed by atoms with Crippen molar-refractivity contribution >= 4 is 17.5 Å². The number of amides is 2. The molecule has 1 fully saturated rings. The number of carbonyl (C=O) groups is 2. The van der Waals surface area contributed by atoms with E-state index in [1.807, 2.05) is 30.3 Å². The molecule has 0 unspecified atom stereocenters. The summed E-state index contributed by atoms with van der Waals surface area (Å²) in [5.74, 6) is -0.0103. The number of aryl methyl sites for hydroxylation is 1. The van der Waals surface area contributed by atoms with Crippen LogP contribution in [0.5, 0.6) is 0 Å². The number of benzene rings is 2. The summed E-state index contributed by atoms with van der Waals surface area (Å²) >= 11 is 0. The molecule has 4 nitrogen and oxygen atoms in total. The maximum Gasteiger partial charge on any atom is 0.256 e. The van der Waals surface area contributed by atoms with Crippen molar-refractivity contribution in [3.8, 4) is 11.1 Å². The zero-order valence-corrected chi connectivity index (χ0v) is 14.0. The Labute approximate surface area is 141 Å². The number of hydrogen-bond donors (Lipinski definition) is 0. The molecule has 0 aliphatic carbocycles. The number of likely N-dealkylation sites (N-methyl/N-ethyl adjacent to an activating group) is 1. The second-order valence-corrected chi connectivity index (χ2v) is 6.60. The molecular weight excluding hydrogens is 300 g/mol. The molecule has 2 heterocycles. The molecule has 0 bridgehead atoms. The van der Waals surface area contributed by atoms with Gasteiger partial charge in [-0.25, -0.2) is 0 Å². The lowest BCUT2D eigenvalue weighted by Crippen LogP contribution is -2.43. The van der Waals surface area contributed by atoms with Crippen LogP contribution in [0.15, 0.2) is 42.5 Å². The molecule has 2 aliphatic rings. The van der Waals surface area contributed by atoms with Crippen LogP contribution in [0, 0.1) is 6.92 Å². The summed E-state index contributed by atoms with van der Waals surface area (Å²) in [5.41, 5.74) is 4.62. The molecule has 2 aliphatic heterocycles. The number of rotatable bonds is 1. The molecule has 0 aromatic heterocycles. The monoisotopic (exact) mass is 320 g/mol. The van der Waals surface area contributed by atoms with Gasteiger partial charge in [-0.05, 0) is 48.6 Å². The fourth-order valence-electron chi connectivity index (χ4n) is 3.83. The van der Waals surface area contributed by atoms with E-state index < -0.39 is 0 Å². The molecule has 122 valence electrons. The average Bonchev–Trinajstić information content (AvgIpc) is 3.07. The summed E-state index contributed by atoms with van der Waals surface area (Å²) in [7, 11) is 1.77. The minimum absolute atomic E-state index is 0.0169. The van der Waals surface area contributed by atoms with Crippen molar-refractivity contribution in [3.63, 3.8) is 0 Å². The van der Waals surface area contributed by atoms with E-state index in [1.54, 1.807) is 16.8 Å². The largest absolute Gasteiger partial charge is 0.327 e. The molecule has 2 amide bonds. The second-order valence-electron chi connectivity index (χ2n) is 6.60. The molecule has 0 radical (unpaired) electrons. The van der Waals surface area contributed by atoms with E-state index >= 15 is 0 Å². The lowest BCUT2D eigenvalue weighted by Gasteiger charge is -2.22. The highest BCUT2D eigenvalue weighted by atomic mass is 16.2. The van der Waals surface area contributed by atoms with Gasteiger partial charge in [0.1, 0.15) is 6.04 Å². The van der Waals surface area contributed by atoms with Gasteiger partial charge in [0, 0.05) is 13.6 Å². The highest BCUT2D eigenvalue weighted by Crippen LogP contribution is 2.34. The first kappa shape index (κ1) is 14.9. The van der Waals surface area contributed by atoms with Gasteiger partial charge in [-0.2, -0.15) is 0 Å². The Morgan fingerprint density at radius 3 is 2.62 bits per heavy atom. The number of anilines is 1. The van der Waals surface area contributed by atoms with Crippen LogP contribution in [0.4, 0.5) is 5.69 Å². The standard InChI is InChI=1S/C20H20N2O2/c1-13-6-3-4-7-15(13)14-9-10-17-16(12-14)19(23)22-11-5-8-18(22)20(24)21(17)2/h3-4,6-7,9-10,12,18H,5,8,11H2,1-2H3/t18-/m0/s1. The van der Waals surface area contributed by atoms with Gasteiger partial charge < -0.3 is 9.80 Å². The van der Waals surface area contributed by atoms with Crippen LogP contribution in [-0.2, 0) is 4.79 Å². The van der Waals surface area contributed by atoms with Gasteiger partial charge in [-0.15, -0.1) is 0 Å². The number of nitrogens with zero attached hydrogens (tertiary/aromatic N) is 2. The van der Waals surface area contributed by atoms with Crippen LogP contribution in [-0.4, -0.2) is 36.3 Å².